The number of hydrogen-bond acceptors (Lipinski definition) is 15. The highest BCUT2D eigenvalue weighted by Crippen LogP contribution is 2.57. The minimum absolute atomic E-state index is 0. The molecule has 9 rings (SSSR count). The van der Waals surface area contributed by atoms with Gasteiger partial charge in [0.25, 0.3) is 0 Å². The number of carbonyl (C=O) groups excluding carboxylic acids is 7. The molecule has 9 fully saturated rings. The topological polar surface area (TPSA) is 215 Å². The Labute approximate surface area is 431 Å². The number of aliphatic hydroxyl groups is 2. The van der Waals surface area contributed by atoms with Crippen LogP contribution in [0, 0.1) is 53.8 Å². The van der Waals surface area contributed by atoms with Gasteiger partial charge in [-0.1, -0.05) is 47.3 Å². The molecule has 0 spiro atoms. The molecule has 2 N–H and O–H groups in total. The standard InChI is InChI=1S/C14H20O4.C13H24O3.C12H14O4.C11H18O3.C6H10O.CH3.H/c1-4-14(2,3)13(16)18-10-7-5-8-9(6-7)12(15)17-11(8)10;1-4-12(3,10-14)11(15)16-13(5-2)8-6-7-9-13;1-5(2)11(13)15-9-6-3-7-8(4-6)12(14)16-10(7)9;1-3-11(6-4-5-7-11)14-10(13)9(2)8-12;7-6-4-2-1-3-5-6;;/h7-11H,4-6H2,1-3H3;14H,4-10H2,1-3H3;6-10H,1,3-4H2,2H3;12H,2-8H2,1H3;1-5H2;1H3;/q;;;;;2*-1/i;;;;;;1+1. The SMILES string of the molecule is C=C(C)C(=O)OC1C2CC3C(=O)OC1C3C2.C=C(CO)C(=O)OC1(CC)CCCC1.CCC(C)(C)C(=O)OC1C2CC3C(=O)OC1C3C2.CCC1(OC(=O)C(C)(CC)CO)CCCC1.O=C1CCCCC1.[2H-].[CH3-]. The minimum Gasteiger partial charge on any atom is -1.00 e. The van der Waals surface area contributed by atoms with Crippen LogP contribution in [0.15, 0.2) is 24.3 Å². The summed E-state index contributed by atoms with van der Waals surface area (Å²) in [4.78, 5) is 80.6. The molecular weight excluding hydrogens is 925 g/mol. The summed E-state index contributed by atoms with van der Waals surface area (Å²) < 4.78 is 32.8. The molecule has 11 unspecified atom stereocenters. The first kappa shape index (κ1) is 60.4. The summed E-state index contributed by atoms with van der Waals surface area (Å²) in [6.45, 7) is 21.7. The van der Waals surface area contributed by atoms with Crippen LogP contribution in [-0.2, 0) is 62.0 Å². The zero-order valence-corrected chi connectivity index (χ0v) is 45.2. The number of aliphatic hydroxyl groups excluding tert-OH is 2. The van der Waals surface area contributed by atoms with Crippen molar-refractivity contribution in [2.75, 3.05) is 13.2 Å². The fourth-order valence-electron chi connectivity index (χ4n) is 11.8. The van der Waals surface area contributed by atoms with E-state index in [9.17, 15) is 38.7 Å². The van der Waals surface area contributed by atoms with E-state index >= 15 is 0 Å². The van der Waals surface area contributed by atoms with E-state index in [1.807, 2.05) is 34.6 Å². The molecule has 0 aromatic rings. The van der Waals surface area contributed by atoms with E-state index in [4.69, 9.17) is 33.5 Å². The Kier molecular flexibility index (Phi) is 21.7. The number of ketones is 1. The van der Waals surface area contributed by atoms with Crippen LogP contribution >= 0.6 is 0 Å². The molecule has 72 heavy (non-hydrogen) atoms. The van der Waals surface area contributed by atoms with Crippen LogP contribution in [0.2, 0.25) is 0 Å². The maximum atomic E-state index is 12.1. The van der Waals surface area contributed by atoms with Crippen molar-refractivity contribution in [1.29, 1.82) is 0 Å². The van der Waals surface area contributed by atoms with E-state index in [0.717, 1.165) is 122 Å². The Hall–Kier alpha value is -4.11. The van der Waals surface area contributed by atoms with Gasteiger partial charge in [0.1, 0.15) is 41.4 Å². The molecule has 0 aromatic carbocycles. The van der Waals surface area contributed by atoms with Gasteiger partial charge in [0, 0.05) is 42.1 Å². The zero-order valence-electron chi connectivity index (χ0n) is 46.2. The van der Waals surface area contributed by atoms with E-state index in [-0.39, 0.29) is 111 Å². The first-order valence-corrected chi connectivity index (χ1v) is 26.9. The third kappa shape index (κ3) is 14.0. The van der Waals surface area contributed by atoms with Gasteiger partial charge in [-0.05, 0) is 143 Å². The molecule has 15 heteroatoms. The number of fused-ring (bicyclic) bond motifs is 2. The second-order valence-electron chi connectivity index (χ2n) is 22.8. The molecule has 11 atom stereocenters. The normalized spacial score (nSPS) is 30.9. The molecular formula is C57H90O15-2. The molecule has 0 aromatic heterocycles. The Bertz CT molecular complexity index is 1940. The van der Waals surface area contributed by atoms with Crippen molar-refractivity contribution in [2.45, 2.75) is 226 Å². The van der Waals surface area contributed by atoms with Crippen molar-refractivity contribution in [3.8, 4) is 0 Å². The second-order valence-corrected chi connectivity index (χ2v) is 22.8. The van der Waals surface area contributed by atoms with Gasteiger partial charge >= 0.3 is 35.8 Å². The van der Waals surface area contributed by atoms with Crippen LogP contribution in [-0.4, -0.2) is 101 Å². The van der Waals surface area contributed by atoms with Crippen molar-refractivity contribution in [1.82, 2.24) is 0 Å². The second kappa shape index (κ2) is 25.9. The van der Waals surface area contributed by atoms with Gasteiger partial charge in [-0.15, -0.1) is 0 Å². The number of esters is 6. The van der Waals surface area contributed by atoms with Gasteiger partial charge in [0.05, 0.1) is 41.5 Å². The highest BCUT2D eigenvalue weighted by Gasteiger charge is 2.64. The third-order valence-corrected chi connectivity index (χ3v) is 17.5. The van der Waals surface area contributed by atoms with Gasteiger partial charge in [-0.25, -0.2) is 9.59 Å². The van der Waals surface area contributed by atoms with Gasteiger partial charge in [0.2, 0.25) is 0 Å². The van der Waals surface area contributed by atoms with Gasteiger partial charge in [0.15, 0.2) is 0 Å². The molecule has 410 valence electrons. The molecule has 2 saturated heterocycles. The molecule has 0 amide bonds. The van der Waals surface area contributed by atoms with E-state index < -0.39 is 16.8 Å². The molecule has 15 nitrogen and oxygen atoms in total. The van der Waals surface area contributed by atoms with E-state index in [1.165, 1.54) is 6.42 Å². The van der Waals surface area contributed by atoms with Gasteiger partial charge < -0.3 is 47.5 Å². The Morgan fingerprint density at radius 1 is 0.653 bits per heavy atom. The van der Waals surface area contributed by atoms with Crippen molar-refractivity contribution < 1.29 is 73.6 Å². The van der Waals surface area contributed by atoms with Crippen molar-refractivity contribution >= 4 is 41.6 Å². The summed E-state index contributed by atoms with van der Waals surface area (Å²) in [5.74, 6) is 0.396. The van der Waals surface area contributed by atoms with E-state index in [0.29, 0.717) is 35.5 Å². The molecule has 0 radical (unpaired) electrons. The summed E-state index contributed by atoms with van der Waals surface area (Å²) in [7, 11) is 0. The number of Topliss-reactive ketones (excluding diaryl/α,β-unsaturated/α-hetero) is 1. The predicted octanol–water partition coefficient (Wildman–Crippen LogP) is 9.52. The minimum atomic E-state index is -0.731. The lowest BCUT2D eigenvalue weighted by atomic mass is 9.87. The van der Waals surface area contributed by atoms with Crippen LogP contribution in [0.1, 0.15) is 192 Å². The van der Waals surface area contributed by atoms with Crippen molar-refractivity contribution in [2.24, 2.45) is 46.3 Å². The van der Waals surface area contributed by atoms with E-state index in [1.54, 1.807) is 13.8 Å². The quantitative estimate of drug-likeness (QED) is 0.0717. The van der Waals surface area contributed by atoms with Crippen molar-refractivity contribution in [3.05, 3.63) is 31.7 Å². The maximum Gasteiger partial charge on any atom is 0.336 e. The summed E-state index contributed by atoms with van der Waals surface area (Å²) in [5, 5.41) is 18.0. The van der Waals surface area contributed by atoms with Gasteiger partial charge in [-0.2, -0.15) is 0 Å². The zero-order chi connectivity index (χ0) is 52.5. The average molecular weight is 1020 g/mol. The molecule has 7 saturated carbocycles. The summed E-state index contributed by atoms with van der Waals surface area (Å²) in [5.41, 5.74) is -1.18. The third-order valence-electron chi connectivity index (χ3n) is 17.5. The smallest absolute Gasteiger partial charge is 0.336 e. The lowest BCUT2D eigenvalue weighted by Crippen LogP contribution is -2.40. The monoisotopic (exact) mass is 1020 g/mol. The summed E-state index contributed by atoms with van der Waals surface area (Å²) in [6, 6.07) is 0. The Morgan fingerprint density at radius 3 is 1.49 bits per heavy atom. The number of ether oxygens (including phenoxy) is 6. The van der Waals surface area contributed by atoms with Crippen LogP contribution in [0.3, 0.4) is 0 Å². The highest BCUT2D eigenvalue weighted by molar-refractivity contribution is 5.88. The van der Waals surface area contributed by atoms with Crippen LogP contribution in [0.4, 0.5) is 0 Å². The number of carbonyl (C=O) groups is 7. The molecule has 2 aliphatic heterocycles. The lowest BCUT2D eigenvalue weighted by Gasteiger charge is -2.33. The van der Waals surface area contributed by atoms with Crippen LogP contribution in [0.5, 0.6) is 0 Å². The fraction of sp³-hybridized carbons (Fsp3) is 0.789. The maximum absolute atomic E-state index is 12.1. The lowest BCUT2D eigenvalue weighted by molar-refractivity contribution is -0.174. The Morgan fingerprint density at radius 2 is 1.11 bits per heavy atom. The summed E-state index contributed by atoms with van der Waals surface area (Å²) in [6.07, 6.45) is 19.4. The van der Waals surface area contributed by atoms with Crippen LogP contribution in [0.25, 0.3) is 0 Å². The fourth-order valence-corrected chi connectivity index (χ4v) is 11.8. The Balaban J connectivity index is 0.000000244. The molecule has 7 aliphatic carbocycles. The number of hydrogen-bond donors (Lipinski definition) is 2. The van der Waals surface area contributed by atoms with E-state index in [2.05, 4.69) is 20.1 Å². The first-order chi connectivity index (χ1) is 33.6. The van der Waals surface area contributed by atoms with Gasteiger partial charge in [-0.3, -0.25) is 24.0 Å². The largest absolute Gasteiger partial charge is 1.00 e. The van der Waals surface area contributed by atoms with Crippen molar-refractivity contribution in [3.63, 3.8) is 0 Å². The summed E-state index contributed by atoms with van der Waals surface area (Å²) >= 11 is 0. The molecule has 9 aliphatic rings. The first-order valence-electron chi connectivity index (χ1n) is 26.9. The predicted molar refractivity (Wildman–Crippen MR) is 270 cm³/mol. The van der Waals surface area contributed by atoms with Crippen LogP contribution < -0.4 is 0 Å². The highest BCUT2D eigenvalue weighted by atomic mass is 16.6. The molecule has 4 bridgehead atoms. The average Bonchev–Trinajstić information content (AvgIpc) is 4.25. The number of rotatable bonds is 14. The molecule has 2 heterocycles.